The number of benzene rings is 3. The lowest BCUT2D eigenvalue weighted by Crippen LogP contribution is -2.16. The Kier molecular flexibility index (Phi) is 13.7. The third-order valence-corrected chi connectivity index (χ3v) is 12.0. The largest absolute Gasteiger partial charge is 0.340 e. The minimum absolute atomic E-state index is 0.190. The molecule has 0 spiro atoms. The van der Waals surface area contributed by atoms with Crippen molar-refractivity contribution in [2.24, 2.45) is 0 Å². The Bertz CT molecular complexity index is 1800. The van der Waals surface area contributed by atoms with Gasteiger partial charge in [-0.25, -0.2) is 12.4 Å². The molecule has 5 aromatic rings. The number of hydrogen-bond acceptors (Lipinski definition) is 2. The number of aromatic nitrogens is 2. The second-order valence-corrected chi connectivity index (χ2v) is 16.0. The van der Waals surface area contributed by atoms with Crippen molar-refractivity contribution in [1.82, 2.24) is 8.54 Å². The average Bonchev–Trinajstić information content (AvgIpc) is 3.58. The lowest BCUT2D eigenvalue weighted by molar-refractivity contribution is 0.541. The van der Waals surface area contributed by atoms with Gasteiger partial charge in [-0.3, -0.25) is 0 Å². The van der Waals surface area contributed by atoms with E-state index in [1.807, 2.05) is 18.2 Å². The number of nitrogens with zero attached hydrogens (tertiary/aromatic N) is 2. The van der Waals surface area contributed by atoms with E-state index in [9.17, 15) is 8.42 Å². The maximum Gasteiger partial charge on any atom is 0.239 e. The summed E-state index contributed by atoms with van der Waals surface area (Å²) in [6.45, 7) is 5.53. The molecule has 5 heteroatoms. The van der Waals surface area contributed by atoms with Crippen molar-refractivity contribution in [2.75, 3.05) is 5.75 Å². The molecule has 47 heavy (non-hydrogen) atoms. The Hall–Kier alpha value is -2.79. The van der Waals surface area contributed by atoms with E-state index < -0.39 is 10.0 Å². The average molecular weight is 657 g/mol. The molecular weight excluding hydrogens is 597 g/mol. The van der Waals surface area contributed by atoms with E-state index in [0.29, 0.717) is 6.42 Å². The van der Waals surface area contributed by atoms with E-state index in [4.69, 9.17) is 0 Å². The van der Waals surface area contributed by atoms with Gasteiger partial charge in [0.25, 0.3) is 0 Å². The topological polar surface area (TPSA) is 44.0 Å². The molecule has 0 radical (unpaired) electrons. The molecule has 0 fully saturated rings. The molecule has 2 heterocycles. The van der Waals surface area contributed by atoms with Crippen molar-refractivity contribution in [3.63, 3.8) is 0 Å². The fourth-order valence-corrected chi connectivity index (χ4v) is 9.30. The molecule has 2 aromatic heterocycles. The van der Waals surface area contributed by atoms with Crippen LogP contribution in [0.1, 0.15) is 142 Å². The Morgan fingerprint density at radius 2 is 0.872 bits per heavy atom. The summed E-state index contributed by atoms with van der Waals surface area (Å²) < 4.78 is 32.2. The highest BCUT2D eigenvalue weighted by molar-refractivity contribution is 7.90. The van der Waals surface area contributed by atoms with Gasteiger partial charge in [0.15, 0.2) is 0 Å². The maximum absolute atomic E-state index is 14.0. The number of hydrogen-bond donors (Lipinski definition) is 0. The zero-order valence-corrected chi connectivity index (χ0v) is 30.3. The van der Waals surface area contributed by atoms with Gasteiger partial charge in [-0.2, -0.15) is 0 Å². The van der Waals surface area contributed by atoms with Crippen molar-refractivity contribution >= 4 is 53.6 Å². The molecule has 0 bridgehead atoms. The van der Waals surface area contributed by atoms with Crippen LogP contribution in [-0.2, 0) is 16.6 Å². The van der Waals surface area contributed by atoms with Gasteiger partial charge < -0.3 is 4.57 Å². The van der Waals surface area contributed by atoms with Crippen LogP contribution in [0.3, 0.4) is 0 Å². The van der Waals surface area contributed by atoms with Gasteiger partial charge in [0.1, 0.15) is 0 Å². The highest BCUT2D eigenvalue weighted by Crippen LogP contribution is 2.38. The molecule has 0 aliphatic carbocycles. The Labute approximate surface area is 285 Å². The van der Waals surface area contributed by atoms with Crippen LogP contribution in [0.2, 0.25) is 0 Å². The summed E-state index contributed by atoms with van der Waals surface area (Å²) in [5, 5.41) is 4.41. The van der Waals surface area contributed by atoms with Gasteiger partial charge in [0.05, 0.1) is 16.8 Å². The molecular formula is C42H60N2O2S. The number of aryl methyl sites for hydroxylation is 1. The highest BCUT2D eigenvalue weighted by Gasteiger charge is 2.23. The smallest absolute Gasteiger partial charge is 0.239 e. The Morgan fingerprint density at radius 3 is 1.45 bits per heavy atom. The van der Waals surface area contributed by atoms with Gasteiger partial charge >= 0.3 is 0 Å². The molecule has 0 atom stereocenters. The predicted molar refractivity (Wildman–Crippen MR) is 205 cm³/mol. The summed E-state index contributed by atoms with van der Waals surface area (Å²) in [5.41, 5.74) is 4.07. The van der Waals surface area contributed by atoms with Crippen molar-refractivity contribution < 1.29 is 8.42 Å². The quantitative estimate of drug-likeness (QED) is 0.0657. The summed E-state index contributed by atoms with van der Waals surface area (Å²) in [6.07, 6.45) is 25.2. The van der Waals surface area contributed by atoms with Gasteiger partial charge in [-0.1, -0.05) is 166 Å². The van der Waals surface area contributed by atoms with E-state index in [2.05, 4.69) is 60.9 Å². The van der Waals surface area contributed by atoms with Crippen LogP contribution >= 0.6 is 0 Å². The van der Waals surface area contributed by atoms with Crippen LogP contribution in [0, 0.1) is 0 Å². The summed E-state index contributed by atoms with van der Waals surface area (Å²) >= 11 is 0. The molecule has 0 aliphatic rings. The minimum Gasteiger partial charge on any atom is -0.340 e. The first kappa shape index (κ1) is 35.5. The second kappa shape index (κ2) is 18.1. The first-order valence-electron chi connectivity index (χ1n) is 19.2. The zero-order valence-electron chi connectivity index (χ0n) is 29.4. The summed E-state index contributed by atoms with van der Waals surface area (Å²) in [4.78, 5) is 0. The Morgan fingerprint density at radius 1 is 0.447 bits per heavy atom. The van der Waals surface area contributed by atoms with Crippen LogP contribution in [0.5, 0.6) is 0 Å². The van der Waals surface area contributed by atoms with E-state index in [1.165, 1.54) is 119 Å². The van der Waals surface area contributed by atoms with Gasteiger partial charge in [-0.15, -0.1) is 0 Å². The third kappa shape index (κ3) is 9.02. The van der Waals surface area contributed by atoms with Gasteiger partial charge in [0, 0.05) is 39.1 Å². The summed E-state index contributed by atoms with van der Waals surface area (Å²) in [6, 6.07) is 21.2. The second-order valence-electron chi connectivity index (χ2n) is 14.0. The van der Waals surface area contributed by atoms with Crippen molar-refractivity contribution in [3.05, 3.63) is 60.7 Å². The molecule has 3 aromatic carbocycles. The van der Waals surface area contributed by atoms with Crippen LogP contribution in [0.25, 0.3) is 43.6 Å². The molecule has 0 amide bonds. The van der Waals surface area contributed by atoms with E-state index in [1.54, 1.807) is 3.97 Å². The minimum atomic E-state index is -3.52. The maximum atomic E-state index is 14.0. The van der Waals surface area contributed by atoms with E-state index in [0.717, 1.165) is 53.0 Å². The van der Waals surface area contributed by atoms with Crippen LogP contribution in [0.15, 0.2) is 60.7 Å². The monoisotopic (exact) mass is 656 g/mol. The van der Waals surface area contributed by atoms with Crippen LogP contribution in [-0.4, -0.2) is 22.7 Å². The molecule has 0 saturated heterocycles. The summed E-state index contributed by atoms with van der Waals surface area (Å²) in [5.74, 6) is 0.190. The Balaban J connectivity index is 1.31. The lowest BCUT2D eigenvalue weighted by atomic mass is 10.1. The number of rotatable bonds is 23. The van der Waals surface area contributed by atoms with Gasteiger partial charge in [0.2, 0.25) is 10.0 Å². The fraction of sp³-hybridized carbons (Fsp3) is 0.571. The van der Waals surface area contributed by atoms with Crippen LogP contribution < -0.4 is 0 Å². The normalized spacial score (nSPS) is 12.4. The molecule has 256 valence electrons. The zero-order chi connectivity index (χ0) is 32.9. The van der Waals surface area contributed by atoms with Gasteiger partial charge in [-0.05, 0) is 37.1 Å². The fourth-order valence-electron chi connectivity index (χ4n) is 7.64. The molecule has 4 nitrogen and oxygen atoms in total. The lowest BCUT2D eigenvalue weighted by Gasteiger charge is -2.10. The molecule has 0 N–H and O–H groups in total. The third-order valence-electron chi connectivity index (χ3n) is 10.3. The first-order valence-corrected chi connectivity index (χ1v) is 20.8. The summed E-state index contributed by atoms with van der Waals surface area (Å²) in [7, 11) is -3.52. The predicted octanol–water partition coefficient (Wildman–Crippen LogP) is 12.9. The SMILES string of the molecule is CCCCCCCCCCCCn1c2ccccc2c2cc3c(cc21)c1ccccc1n3S(=O)(=O)CCCCCCCCCCCC. The molecule has 5 rings (SSSR count). The number of unbranched alkanes of at least 4 members (excludes halogenated alkanes) is 18. The molecule has 0 saturated carbocycles. The number of fused-ring (bicyclic) bond motifs is 6. The van der Waals surface area contributed by atoms with E-state index in [-0.39, 0.29) is 5.75 Å². The van der Waals surface area contributed by atoms with Crippen LogP contribution in [0.4, 0.5) is 0 Å². The number of para-hydroxylation sites is 2. The molecule has 0 unspecified atom stereocenters. The molecule has 0 aliphatic heterocycles. The van der Waals surface area contributed by atoms with Crippen molar-refractivity contribution in [1.29, 1.82) is 0 Å². The standard InChI is InChI=1S/C42H60N2O2S/c1-3-5-7-9-11-13-15-17-19-25-31-43-39-29-23-21-27-35(39)37-34-42-38(33-41(37)43)36-28-22-24-30-40(36)44(42)47(45,46)32-26-20-18-16-14-12-10-8-6-4-2/h21-24,27-30,33-34H,3-20,25-26,31-32H2,1-2H3. The van der Waals surface area contributed by atoms with Crippen molar-refractivity contribution in [2.45, 2.75) is 149 Å². The van der Waals surface area contributed by atoms with E-state index >= 15 is 0 Å². The highest BCUT2D eigenvalue weighted by atomic mass is 32.2. The first-order chi connectivity index (χ1) is 23.1. The van der Waals surface area contributed by atoms with Crippen molar-refractivity contribution in [3.8, 4) is 0 Å².